The number of hydrogen-bond donors (Lipinski definition) is 1. The van der Waals surface area contributed by atoms with Crippen LogP contribution in [-0.2, 0) is 11.2 Å². The van der Waals surface area contributed by atoms with Gasteiger partial charge in [-0.3, -0.25) is 4.79 Å². The van der Waals surface area contributed by atoms with Gasteiger partial charge in [0, 0.05) is 36.5 Å². The minimum absolute atomic E-state index is 0.0455. The summed E-state index contributed by atoms with van der Waals surface area (Å²) in [7, 11) is 1.68. The van der Waals surface area contributed by atoms with E-state index in [0.29, 0.717) is 6.42 Å². The van der Waals surface area contributed by atoms with Crippen LogP contribution in [0.25, 0.3) is 0 Å². The van der Waals surface area contributed by atoms with Crippen molar-refractivity contribution in [3.63, 3.8) is 0 Å². The zero-order valence-electron chi connectivity index (χ0n) is 14.0. The van der Waals surface area contributed by atoms with Crippen molar-refractivity contribution in [1.82, 2.24) is 10.2 Å². The Morgan fingerprint density at radius 1 is 1.33 bits per heavy atom. The Labute approximate surface area is 147 Å². The number of carbonyl (C=O) groups excluding carboxylic acids is 1. The number of para-hydroxylation sites is 1. The molecule has 1 aliphatic heterocycles. The Morgan fingerprint density at radius 3 is 3.00 bits per heavy atom. The van der Waals surface area contributed by atoms with Crippen molar-refractivity contribution in [3.8, 4) is 5.75 Å². The molecule has 3 rings (SSSR count). The van der Waals surface area contributed by atoms with E-state index in [0.717, 1.165) is 43.8 Å². The molecule has 1 amide bonds. The fourth-order valence-corrected chi connectivity index (χ4v) is 3.99. The molecule has 0 saturated carbocycles. The summed E-state index contributed by atoms with van der Waals surface area (Å²) >= 11 is 1.76. The van der Waals surface area contributed by atoms with Gasteiger partial charge in [0.1, 0.15) is 5.75 Å². The summed E-state index contributed by atoms with van der Waals surface area (Å²) in [6.07, 6.45) is 2.49. The molecule has 0 radical (unpaired) electrons. The van der Waals surface area contributed by atoms with Crippen LogP contribution in [-0.4, -0.2) is 37.6 Å². The fourth-order valence-electron chi connectivity index (χ4n) is 3.23. The molecule has 0 bridgehead atoms. The quantitative estimate of drug-likeness (QED) is 0.875. The van der Waals surface area contributed by atoms with Crippen molar-refractivity contribution in [3.05, 3.63) is 52.2 Å². The van der Waals surface area contributed by atoms with Crippen molar-refractivity contribution < 1.29 is 9.53 Å². The molecule has 1 N–H and O–H groups in total. The number of nitrogens with zero attached hydrogens (tertiary/aromatic N) is 1. The first-order valence-electron chi connectivity index (χ1n) is 8.45. The van der Waals surface area contributed by atoms with Crippen LogP contribution in [0, 0.1) is 0 Å². The highest BCUT2D eigenvalue weighted by molar-refractivity contribution is 7.09. The van der Waals surface area contributed by atoms with Gasteiger partial charge in [-0.2, -0.15) is 0 Å². The molecule has 2 aromatic rings. The molecular formula is C19H24N2O2S. The molecule has 0 spiro atoms. The molecule has 128 valence electrons. The first kappa shape index (κ1) is 17.0. The minimum atomic E-state index is 0.0455. The number of benzene rings is 1. The third-order valence-corrected chi connectivity index (χ3v) is 5.39. The van der Waals surface area contributed by atoms with Crippen molar-refractivity contribution in [2.24, 2.45) is 0 Å². The number of nitrogens with one attached hydrogen (secondary N) is 1. The number of methoxy groups -OCH3 is 1. The summed E-state index contributed by atoms with van der Waals surface area (Å²) in [5.74, 6) is 1.09. The number of ether oxygens (including phenoxy) is 1. The predicted octanol–water partition coefficient (Wildman–Crippen LogP) is 3.25. The topological polar surface area (TPSA) is 41.6 Å². The van der Waals surface area contributed by atoms with E-state index in [4.69, 9.17) is 4.74 Å². The van der Waals surface area contributed by atoms with Crippen molar-refractivity contribution >= 4 is 17.2 Å². The molecule has 5 heteroatoms. The smallest absolute Gasteiger partial charge is 0.223 e. The van der Waals surface area contributed by atoms with E-state index in [9.17, 15) is 4.79 Å². The predicted molar refractivity (Wildman–Crippen MR) is 97.6 cm³/mol. The maximum atomic E-state index is 12.8. The van der Waals surface area contributed by atoms with E-state index in [1.807, 2.05) is 23.1 Å². The molecule has 1 aromatic carbocycles. The lowest BCUT2D eigenvalue weighted by Gasteiger charge is -2.37. The maximum absolute atomic E-state index is 12.8. The van der Waals surface area contributed by atoms with Gasteiger partial charge in [0.15, 0.2) is 0 Å². The lowest BCUT2D eigenvalue weighted by molar-refractivity contribution is -0.134. The van der Waals surface area contributed by atoms with Crippen molar-refractivity contribution in [2.45, 2.75) is 25.3 Å². The zero-order chi connectivity index (χ0) is 16.8. The Hall–Kier alpha value is -1.85. The van der Waals surface area contributed by atoms with Crippen LogP contribution in [0.3, 0.4) is 0 Å². The second-order valence-corrected chi connectivity index (χ2v) is 7.01. The Balaban J connectivity index is 1.66. The molecule has 24 heavy (non-hydrogen) atoms. The van der Waals surface area contributed by atoms with Crippen LogP contribution >= 0.6 is 11.3 Å². The van der Waals surface area contributed by atoms with Gasteiger partial charge in [0.2, 0.25) is 5.91 Å². The maximum Gasteiger partial charge on any atom is 0.223 e. The van der Waals surface area contributed by atoms with Gasteiger partial charge in [0.25, 0.3) is 0 Å². The van der Waals surface area contributed by atoms with Crippen LogP contribution in [0.4, 0.5) is 0 Å². The lowest BCUT2D eigenvalue weighted by atomic mass is 10.0. The van der Waals surface area contributed by atoms with E-state index in [1.165, 1.54) is 4.88 Å². The van der Waals surface area contributed by atoms with Crippen LogP contribution in [0.2, 0.25) is 0 Å². The highest BCUT2D eigenvalue weighted by atomic mass is 32.1. The van der Waals surface area contributed by atoms with Crippen LogP contribution in [0.1, 0.15) is 29.3 Å². The number of amides is 1. The molecule has 0 aliphatic carbocycles. The van der Waals surface area contributed by atoms with Gasteiger partial charge in [0.05, 0.1) is 13.2 Å². The first-order valence-corrected chi connectivity index (χ1v) is 9.33. The van der Waals surface area contributed by atoms with E-state index < -0.39 is 0 Å². The van der Waals surface area contributed by atoms with Crippen molar-refractivity contribution in [1.29, 1.82) is 0 Å². The highest BCUT2D eigenvalue weighted by Crippen LogP contribution is 2.30. The third kappa shape index (κ3) is 3.97. The highest BCUT2D eigenvalue weighted by Gasteiger charge is 2.29. The van der Waals surface area contributed by atoms with Gasteiger partial charge in [-0.15, -0.1) is 11.3 Å². The molecule has 1 atom stereocenters. The number of carbonyl (C=O) groups is 1. The van der Waals surface area contributed by atoms with E-state index in [-0.39, 0.29) is 11.9 Å². The summed E-state index contributed by atoms with van der Waals surface area (Å²) in [5.41, 5.74) is 1.08. The van der Waals surface area contributed by atoms with Crippen molar-refractivity contribution in [2.75, 3.05) is 26.7 Å². The number of hydrogen-bond acceptors (Lipinski definition) is 4. The van der Waals surface area contributed by atoms with E-state index >= 15 is 0 Å². The molecule has 1 aromatic heterocycles. The normalized spacial score (nSPS) is 17.7. The standard InChI is InChI=1S/C19H24N2O2S/c1-23-18-9-3-2-8-16(18)17-14-20-11-12-21(17)19(22)10-4-6-15-7-5-13-24-15/h2-3,5,7-9,13,17,20H,4,6,10-12,14H2,1H3. The average molecular weight is 344 g/mol. The van der Waals surface area contributed by atoms with Crippen LogP contribution in [0.5, 0.6) is 5.75 Å². The fraction of sp³-hybridized carbons (Fsp3) is 0.421. The summed E-state index contributed by atoms with van der Waals surface area (Å²) in [4.78, 5) is 16.1. The second kappa shape index (κ2) is 8.31. The summed E-state index contributed by atoms with van der Waals surface area (Å²) < 4.78 is 5.49. The first-order chi connectivity index (χ1) is 11.8. The molecule has 2 heterocycles. The summed E-state index contributed by atoms with van der Waals surface area (Å²) in [5, 5.41) is 5.49. The number of rotatable bonds is 6. The average Bonchev–Trinajstić information content (AvgIpc) is 3.15. The number of piperazine rings is 1. The van der Waals surface area contributed by atoms with Gasteiger partial charge < -0.3 is 15.0 Å². The molecule has 4 nitrogen and oxygen atoms in total. The molecule has 1 saturated heterocycles. The SMILES string of the molecule is COc1ccccc1C1CNCCN1C(=O)CCCc1cccs1. The summed E-state index contributed by atoms with van der Waals surface area (Å²) in [6, 6.07) is 12.2. The molecule has 1 unspecified atom stereocenters. The Bertz CT molecular complexity index is 657. The van der Waals surface area contributed by atoms with E-state index in [2.05, 4.69) is 28.9 Å². The Morgan fingerprint density at radius 2 is 2.21 bits per heavy atom. The number of aryl methyl sites for hydroxylation is 1. The summed E-state index contributed by atoms with van der Waals surface area (Å²) in [6.45, 7) is 2.37. The van der Waals surface area contributed by atoms with Crippen LogP contribution < -0.4 is 10.1 Å². The van der Waals surface area contributed by atoms with Gasteiger partial charge in [-0.25, -0.2) is 0 Å². The largest absolute Gasteiger partial charge is 0.496 e. The lowest BCUT2D eigenvalue weighted by Crippen LogP contribution is -2.48. The molecule has 1 fully saturated rings. The number of thiophene rings is 1. The second-order valence-electron chi connectivity index (χ2n) is 5.98. The van der Waals surface area contributed by atoms with Gasteiger partial charge in [-0.05, 0) is 30.4 Å². The minimum Gasteiger partial charge on any atom is -0.496 e. The third-order valence-electron chi connectivity index (χ3n) is 4.46. The molecule has 1 aliphatic rings. The Kier molecular flexibility index (Phi) is 5.88. The van der Waals surface area contributed by atoms with Crippen LogP contribution in [0.15, 0.2) is 41.8 Å². The van der Waals surface area contributed by atoms with Gasteiger partial charge >= 0.3 is 0 Å². The van der Waals surface area contributed by atoms with Gasteiger partial charge in [-0.1, -0.05) is 24.3 Å². The monoisotopic (exact) mass is 344 g/mol. The zero-order valence-corrected chi connectivity index (χ0v) is 14.8. The van der Waals surface area contributed by atoms with E-state index in [1.54, 1.807) is 18.4 Å². The molecular weight excluding hydrogens is 320 g/mol.